The van der Waals surface area contributed by atoms with E-state index in [1.165, 1.54) is 35.7 Å². The van der Waals surface area contributed by atoms with Crippen LogP contribution >= 0.6 is 38.5 Å². The van der Waals surface area contributed by atoms with Gasteiger partial charge in [-0.2, -0.15) is 0 Å². The molecule has 1 aromatic carbocycles. The van der Waals surface area contributed by atoms with E-state index in [0.717, 1.165) is 29.5 Å². The molecule has 2 nitrogen and oxygen atoms in total. The molecule has 1 N–H and O–H groups in total. The standard InChI is InChI=1S/C17H22BrIO2/c18-15-5-4-13(19)10-14(15)16(20)12-6-9-21-17(11-12)7-2-1-3-8-17/h4-5,10,12,16,20H,1-3,6-9,11H2. The minimum Gasteiger partial charge on any atom is -0.388 e. The largest absolute Gasteiger partial charge is 0.388 e. The van der Waals surface area contributed by atoms with Gasteiger partial charge in [0.2, 0.25) is 0 Å². The number of benzene rings is 1. The van der Waals surface area contributed by atoms with Crippen molar-refractivity contribution in [1.29, 1.82) is 0 Å². The van der Waals surface area contributed by atoms with E-state index in [1.54, 1.807) is 0 Å². The Balaban J connectivity index is 1.77. The molecule has 3 rings (SSSR count). The highest BCUT2D eigenvalue weighted by Gasteiger charge is 2.41. The molecular weight excluding hydrogens is 443 g/mol. The average molecular weight is 465 g/mol. The molecule has 1 heterocycles. The Hall–Kier alpha value is 0.350. The maximum Gasteiger partial charge on any atom is 0.0831 e. The minimum absolute atomic E-state index is 0.0521. The monoisotopic (exact) mass is 464 g/mol. The number of ether oxygens (including phenoxy) is 1. The highest BCUT2D eigenvalue weighted by atomic mass is 127. The molecule has 116 valence electrons. The van der Waals surface area contributed by atoms with Crippen LogP contribution in [0.3, 0.4) is 0 Å². The number of halogens is 2. The van der Waals surface area contributed by atoms with Crippen molar-refractivity contribution in [2.24, 2.45) is 5.92 Å². The summed E-state index contributed by atoms with van der Waals surface area (Å²) in [4.78, 5) is 0. The summed E-state index contributed by atoms with van der Waals surface area (Å²) in [5, 5.41) is 10.9. The van der Waals surface area contributed by atoms with Crippen LogP contribution in [0.5, 0.6) is 0 Å². The molecule has 1 saturated heterocycles. The van der Waals surface area contributed by atoms with E-state index in [2.05, 4.69) is 50.7 Å². The Labute approximate surface area is 148 Å². The van der Waals surface area contributed by atoms with Crippen LogP contribution in [-0.4, -0.2) is 17.3 Å². The van der Waals surface area contributed by atoms with Gasteiger partial charge in [-0.3, -0.25) is 0 Å². The first-order valence-corrected chi connectivity index (χ1v) is 9.74. The molecule has 0 radical (unpaired) electrons. The van der Waals surface area contributed by atoms with Crippen molar-refractivity contribution in [3.05, 3.63) is 31.8 Å². The number of hydrogen-bond donors (Lipinski definition) is 1. The Morgan fingerprint density at radius 1 is 1.29 bits per heavy atom. The van der Waals surface area contributed by atoms with E-state index in [-0.39, 0.29) is 5.60 Å². The zero-order valence-corrected chi connectivity index (χ0v) is 15.9. The summed E-state index contributed by atoms with van der Waals surface area (Å²) in [5.41, 5.74) is 1.08. The second kappa shape index (κ2) is 6.85. The van der Waals surface area contributed by atoms with Crippen LogP contribution < -0.4 is 0 Å². The van der Waals surface area contributed by atoms with Crippen molar-refractivity contribution >= 4 is 38.5 Å². The summed E-state index contributed by atoms with van der Waals surface area (Å²) in [5.74, 6) is 0.311. The van der Waals surface area contributed by atoms with Gasteiger partial charge in [-0.1, -0.05) is 35.2 Å². The fourth-order valence-corrected chi connectivity index (χ4v) is 4.87. The third kappa shape index (κ3) is 3.65. The predicted molar refractivity (Wildman–Crippen MR) is 96.3 cm³/mol. The molecule has 1 aromatic rings. The van der Waals surface area contributed by atoms with Gasteiger partial charge < -0.3 is 9.84 Å². The van der Waals surface area contributed by atoms with Gasteiger partial charge in [0.05, 0.1) is 11.7 Å². The first kappa shape index (κ1) is 16.2. The van der Waals surface area contributed by atoms with Gasteiger partial charge in [0, 0.05) is 14.6 Å². The van der Waals surface area contributed by atoms with Crippen molar-refractivity contribution in [3.63, 3.8) is 0 Å². The molecule has 0 aromatic heterocycles. The molecule has 2 unspecified atom stereocenters. The summed E-state index contributed by atoms with van der Waals surface area (Å²) in [6.45, 7) is 0.795. The highest BCUT2D eigenvalue weighted by Crippen LogP contribution is 2.45. The van der Waals surface area contributed by atoms with Gasteiger partial charge in [-0.25, -0.2) is 0 Å². The molecule has 0 bridgehead atoms. The van der Waals surface area contributed by atoms with Crippen molar-refractivity contribution in [1.82, 2.24) is 0 Å². The number of rotatable bonds is 2. The molecule has 1 aliphatic carbocycles. The summed E-state index contributed by atoms with van der Waals surface area (Å²) in [6.07, 6.45) is 7.80. The number of aliphatic hydroxyl groups is 1. The summed E-state index contributed by atoms with van der Waals surface area (Å²) in [7, 11) is 0. The highest BCUT2D eigenvalue weighted by molar-refractivity contribution is 14.1. The van der Waals surface area contributed by atoms with Crippen LogP contribution in [0.4, 0.5) is 0 Å². The molecule has 0 amide bonds. The van der Waals surface area contributed by atoms with E-state index in [9.17, 15) is 5.11 Å². The summed E-state index contributed by atoms with van der Waals surface area (Å²) >= 11 is 5.90. The third-order valence-corrected chi connectivity index (χ3v) is 6.41. The zero-order chi connectivity index (χ0) is 14.9. The SMILES string of the molecule is OC(c1cc(I)ccc1Br)C1CCOC2(CCCCC2)C1. The Morgan fingerprint density at radius 2 is 2.05 bits per heavy atom. The first-order valence-electron chi connectivity index (χ1n) is 7.87. The van der Waals surface area contributed by atoms with Crippen molar-refractivity contribution in [2.75, 3.05) is 6.61 Å². The molecule has 1 aliphatic heterocycles. The lowest BCUT2D eigenvalue weighted by atomic mass is 9.74. The quantitative estimate of drug-likeness (QED) is 0.608. The van der Waals surface area contributed by atoms with Crippen LogP contribution in [0.15, 0.2) is 22.7 Å². The van der Waals surface area contributed by atoms with Crippen LogP contribution in [-0.2, 0) is 4.74 Å². The maximum absolute atomic E-state index is 10.9. The molecule has 1 spiro atoms. The lowest BCUT2D eigenvalue weighted by Crippen LogP contribution is -2.42. The zero-order valence-electron chi connectivity index (χ0n) is 12.2. The first-order chi connectivity index (χ1) is 10.1. The van der Waals surface area contributed by atoms with E-state index >= 15 is 0 Å². The summed E-state index contributed by atoms with van der Waals surface area (Å²) < 4.78 is 8.34. The third-order valence-electron chi connectivity index (χ3n) is 5.02. The van der Waals surface area contributed by atoms with Crippen LogP contribution in [0.2, 0.25) is 0 Å². The molecule has 2 aliphatic rings. The van der Waals surface area contributed by atoms with Gasteiger partial charge in [0.15, 0.2) is 0 Å². The fraction of sp³-hybridized carbons (Fsp3) is 0.647. The normalized spacial score (nSPS) is 26.7. The van der Waals surface area contributed by atoms with Gasteiger partial charge in [0.25, 0.3) is 0 Å². The second-order valence-electron chi connectivity index (χ2n) is 6.46. The van der Waals surface area contributed by atoms with Crippen LogP contribution in [0.25, 0.3) is 0 Å². The predicted octanol–water partition coefficient (Wildman–Crippen LogP) is 5.22. The molecule has 4 heteroatoms. The van der Waals surface area contributed by atoms with Crippen LogP contribution in [0.1, 0.15) is 56.6 Å². The van der Waals surface area contributed by atoms with E-state index < -0.39 is 6.10 Å². The van der Waals surface area contributed by atoms with Gasteiger partial charge in [-0.15, -0.1) is 0 Å². The maximum atomic E-state index is 10.9. The van der Waals surface area contributed by atoms with E-state index in [1.807, 2.05) is 6.07 Å². The van der Waals surface area contributed by atoms with Crippen molar-refractivity contribution in [3.8, 4) is 0 Å². The molecule has 21 heavy (non-hydrogen) atoms. The Bertz CT molecular complexity index is 494. The van der Waals surface area contributed by atoms with Gasteiger partial charge in [0.1, 0.15) is 0 Å². The fourth-order valence-electron chi connectivity index (χ4n) is 3.87. The summed E-state index contributed by atoms with van der Waals surface area (Å²) in [6, 6.07) is 6.20. The number of aliphatic hydroxyl groups excluding tert-OH is 1. The van der Waals surface area contributed by atoms with Crippen molar-refractivity contribution < 1.29 is 9.84 Å². The smallest absolute Gasteiger partial charge is 0.0831 e. The molecule has 1 saturated carbocycles. The molecule has 2 atom stereocenters. The average Bonchev–Trinajstić information content (AvgIpc) is 2.50. The second-order valence-corrected chi connectivity index (χ2v) is 8.56. The van der Waals surface area contributed by atoms with E-state index in [4.69, 9.17) is 4.74 Å². The van der Waals surface area contributed by atoms with Crippen LogP contribution in [0, 0.1) is 9.49 Å². The Kier molecular flexibility index (Phi) is 5.29. The minimum atomic E-state index is -0.392. The van der Waals surface area contributed by atoms with Gasteiger partial charge in [-0.05, 0) is 78.0 Å². The lowest BCUT2D eigenvalue weighted by molar-refractivity contribution is -0.134. The topological polar surface area (TPSA) is 29.5 Å². The van der Waals surface area contributed by atoms with E-state index in [0.29, 0.717) is 5.92 Å². The van der Waals surface area contributed by atoms with Crippen molar-refractivity contribution in [2.45, 2.75) is 56.7 Å². The lowest BCUT2D eigenvalue weighted by Gasteiger charge is -2.44. The molecular formula is C17H22BrIO2. The molecule has 2 fully saturated rings. The Morgan fingerprint density at radius 3 is 2.81 bits per heavy atom. The van der Waals surface area contributed by atoms with Gasteiger partial charge >= 0.3 is 0 Å². The number of hydrogen-bond acceptors (Lipinski definition) is 2.